The summed E-state index contributed by atoms with van der Waals surface area (Å²) >= 11 is 0. The van der Waals surface area contributed by atoms with Crippen LogP contribution < -0.4 is 0 Å². The van der Waals surface area contributed by atoms with Crippen molar-refractivity contribution in [3.63, 3.8) is 0 Å². The molecule has 136 valence electrons. The first kappa shape index (κ1) is 18.4. The van der Waals surface area contributed by atoms with E-state index in [1.165, 1.54) is 5.56 Å². The molecule has 1 fully saturated rings. The third kappa shape index (κ3) is 4.23. The highest BCUT2D eigenvalue weighted by molar-refractivity contribution is 6.00. The highest BCUT2D eigenvalue weighted by Gasteiger charge is 2.34. The zero-order valence-corrected chi connectivity index (χ0v) is 15.4. The number of likely N-dealkylation sites (tertiary alicyclic amines) is 1. The predicted molar refractivity (Wildman–Crippen MR) is 108 cm³/mol. The first-order valence-electron chi connectivity index (χ1n) is 9.43. The minimum Gasteiger partial charge on any atom is -0.331 e. The Kier molecular flexibility index (Phi) is 6.24. The van der Waals surface area contributed by atoms with Crippen molar-refractivity contribution < 1.29 is 4.79 Å². The summed E-state index contributed by atoms with van der Waals surface area (Å²) in [5.74, 6) is 0.154. The van der Waals surface area contributed by atoms with E-state index >= 15 is 0 Å². The monoisotopic (exact) mass is 348 g/mol. The number of hydrogen-bond acceptors (Lipinski definition) is 2. The minimum absolute atomic E-state index is 0.154. The maximum atomic E-state index is 12.9. The van der Waals surface area contributed by atoms with E-state index in [2.05, 4.69) is 48.4 Å². The lowest BCUT2D eigenvalue weighted by Crippen LogP contribution is -2.45. The summed E-state index contributed by atoms with van der Waals surface area (Å²) in [4.78, 5) is 17.4. The lowest BCUT2D eigenvalue weighted by Gasteiger charge is -2.37. The molecule has 0 spiro atoms. The molecule has 0 bridgehead atoms. The lowest BCUT2D eigenvalue weighted by molar-refractivity contribution is -0.128. The van der Waals surface area contributed by atoms with Gasteiger partial charge in [-0.15, -0.1) is 6.58 Å². The quantitative estimate of drug-likeness (QED) is 0.693. The third-order valence-corrected chi connectivity index (χ3v) is 5.26. The number of carbonyl (C=O) groups is 1. The Hall–Kier alpha value is -2.39. The molecule has 0 radical (unpaired) electrons. The van der Waals surface area contributed by atoms with E-state index in [9.17, 15) is 4.79 Å². The maximum absolute atomic E-state index is 12.9. The molecule has 1 saturated heterocycles. The standard InChI is InChI=1S/C23H28N2O/c1-3-5-7-12-22-20(4-2)18-25(23(22)26)21-13-15-24(16-14-21)17-19-10-8-6-9-11-19/h3-4,6-12,21H,1-2,5,13-18H2/b12-7-. The summed E-state index contributed by atoms with van der Waals surface area (Å²) < 4.78 is 0. The van der Waals surface area contributed by atoms with Gasteiger partial charge in [0.2, 0.25) is 0 Å². The Balaban J connectivity index is 1.57. The van der Waals surface area contributed by atoms with Gasteiger partial charge in [-0.25, -0.2) is 0 Å². The van der Waals surface area contributed by atoms with Gasteiger partial charge in [0.1, 0.15) is 0 Å². The Morgan fingerprint density at radius 1 is 1.12 bits per heavy atom. The second-order valence-corrected chi connectivity index (χ2v) is 7.00. The van der Waals surface area contributed by atoms with Gasteiger partial charge >= 0.3 is 0 Å². The molecule has 2 aliphatic rings. The second kappa shape index (κ2) is 8.81. The van der Waals surface area contributed by atoms with Crippen molar-refractivity contribution in [1.29, 1.82) is 0 Å². The van der Waals surface area contributed by atoms with Gasteiger partial charge in [-0.1, -0.05) is 61.2 Å². The first-order valence-corrected chi connectivity index (χ1v) is 9.43. The van der Waals surface area contributed by atoms with Gasteiger partial charge in [0, 0.05) is 37.8 Å². The van der Waals surface area contributed by atoms with Crippen LogP contribution in [0.25, 0.3) is 0 Å². The average Bonchev–Trinajstić information content (AvgIpc) is 2.99. The zero-order chi connectivity index (χ0) is 18.4. The number of piperidine rings is 1. The topological polar surface area (TPSA) is 23.6 Å². The van der Waals surface area contributed by atoms with Gasteiger partial charge in [0.05, 0.1) is 0 Å². The second-order valence-electron chi connectivity index (χ2n) is 7.00. The van der Waals surface area contributed by atoms with Crippen molar-refractivity contribution in [2.75, 3.05) is 19.6 Å². The fourth-order valence-electron chi connectivity index (χ4n) is 3.79. The van der Waals surface area contributed by atoms with E-state index in [1.807, 2.05) is 29.2 Å². The number of benzene rings is 1. The molecular formula is C23H28N2O. The summed E-state index contributed by atoms with van der Waals surface area (Å²) in [5, 5.41) is 0. The molecular weight excluding hydrogens is 320 g/mol. The molecule has 0 atom stereocenters. The summed E-state index contributed by atoms with van der Waals surface area (Å²) in [7, 11) is 0. The van der Waals surface area contributed by atoms with Crippen molar-refractivity contribution in [3.8, 4) is 0 Å². The molecule has 1 aromatic rings. The maximum Gasteiger partial charge on any atom is 0.254 e. The number of hydrogen-bond donors (Lipinski definition) is 0. The Bertz CT molecular complexity index is 709. The Labute approximate surface area is 157 Å². The van der Waals surface area contributed by atoms with Gasteiger partial charge in [-0.05, 0) is 30.4 Å². The largest absolute Gasteiger partial charge is 0.331 e. The summed E-state index contributed by atoms with van der Waals surface area (Å²) in [5.41, 5.74) is 3.20. The molecule has 3 nitrogen and oxygen atoms in total. The van der Waals surface area contributed by atoms with Crippen LogP contribution in [0.5, 0.6) is 0 Å². The molecule has 0 saturated carbocycles. The molecule has 1 amide bonds. The highest BCUT2D eigenvalue weighted by Crippen LogP contribution is 2.28. The Morgan fingerprint density at radius 3 is 2.50 bits per heavy atom. The van der Waals surface area contributed by atoms with Crippen LogP contribution in [0.15, 0.2) is 78.9 Å². The summed E-state index contributed by atoms with van der Waals surface area (Å²) in [6.45, 7) is 11.4. The average molecular weight is 348 g/mol. The SMILES string of the molecule is C=CC/C=C\C1=C(C=C)CN(C2CCN(Cc3ccccc3)CC2)C1=O. The fraction of sp³-hybridized carbons (Fsp3) is 0.348. The van der Waals surface area contributed by atoms with Crippen LogP contribution in [-0.2, 0) is 11.3 Å². The molecule has 3 heteroatoms. The molecule has 2 heterocycles. The van der Waals surface area contributed by atoms with E-state index in [0.717, 1.165) is 50.0 Å². The van der Waals surface area contributed by atoms with Crippen molar-refractivity contribution in [3.05, 3.63) is 84.5 Å². The van der Waals surface area contributed by atoms with E-state index in [0.29, 0.717) is 12.6 Å². The van der Waals surface area contributed by atoms with Crippen LogP contribution in [0.4, 0.5) is 0 Å². The number of allylic oxidation sites excluding steroid dienone is 2. The van der Waals surface area contributed by atoms with Crippen LogP contribution in [0.2, 0.25) is 0 Å². The Morgan fingerprint density at radius 2 is 1.85 bits per heavy atom. The molecule has 0 N–H and O–H groups in total. The molecule has 0 unspecified atom stereocenters. The summed E-state index contributed by atoms with van der Waals surface area (Å²) in [6.07, 6.45) is 10.4. The minimum atomic E-state index is 0.154. The summed E-state index contributed by atoms with van der Waals surface area (Å²) in [6, 6.07) is 10.9. The van der Waals surface area contributed by atoms with E-state index in [4.69, 9.17) is 0 Å². The van der Waals surface area contributed by atoms with Gasteiger partial charge in [0.25, 0.3) is 5.91 Å². The van der Waals surface area contributed by atoms with E-state index in [-0.39, 0.29) is 5.91 Å². The van der Waals surface area contributed by atoms with Crippen LogP contribution in [0.1, 0.15) is 24.8 Å². The molecule has 0 aliphatic carbocycles. The highest BCUT2D eigenvalue weighted by atomic mass is 16.2. The van der Waals surface area contributed by atoms with E-state index < -0.39 is 0 Å². The van der Waals surface area contributed by atoms with Crippen LogP contribution in [-0.4, -0.2) is 41.4 Å². The molecule has 3 rings (SSSR count). The number of rotatable bonds is 7. The molecule has 26 heavy (non-hydrogen) atoms. The zero-order valence-electron chi connectivity index (χ0n) is 15.4. The van der Waals surface area contributed by atoms with Crippen molar-refractivity contribution in [1.82, 2.24) is 9.80 Å². The van der Waals surface area contributed by atoms with Crippen molar-refractivity contribution >= 4 is 5.91 Å². The molecule has 1 aromatic carbocycles. The van der Waals surface area contributed by atoms with Crippen molar-refractivity contribution in [2.45, 2.75) is 31.8 Å². The van der Waals surface area contributed by atoms with Crippen LogP contribution in [0.3, 0.4) is 0 Å². The predicted octanol–water partition coefficient (Wildman–Crippen LogP) is 4.11. The van der Waals surface area contributed by atoms with Gasteiger partial charge in [-0.3, -0.25) is 9.69 Å². The van der Waals surface area contributed by atoms with Crippen molar-refractivity contribution in [2.24, 2.45) is 0 Å². The molecule has 0 aromatic heterocycles. The molecule has 2 aliphatic heterocycles. The smallest absolute Gasteiger partial charge is 0.254 e. The number of carbonyl (C=O) groups excluding carboxylic acids is 1. The fourth-order valence-corrected chi connectivity index (χ4v) is 3.79. The third-order valence-electron chi connectivity index (χ3n) is 5.26. The number of nitrogens with zero attached hydrogens (tertiary/aromatic N) is 2. The first-order chi connectivity index (χ1) is 12.7. The van der Waals surface area contributed by atoms with Gasteiger partial charge in [-0.2, -0.15) is 0 Å². The van der Waals surface area contributed by atoms with Crippen LogP contribution in [0, 0.1) is 0 Å². The normalized spacial score (nSPS) is 19.5. The van der Waals surface area contributed by atoms with E-state index in [1.54, 1.807) is 0 Å². The van der Waals surface area contributed by atoms with Crippen LogP contribution >= 0.6 is 0 Å². The van der Waals surface area contributed by atoms with Gasteiger partial charge in [0.15, 0.2) is 0 Å². The lowest BCUT2D eigenvalue weighted by atomic mass is 10.0. The van der Waals surface area contributed by atoms with Gasteiger partial charge < -0.3 is 4.90 Å². The number of amides is 1.